The number of phenols is 1. The van der Waals surface area contributed by atoms with Gasteiger partial charge in [0.1, 0.15) is 11.6 Å². The highest BCUT2D eigenvalue weighted by molar-refractivity contribution is 5.96. The van der Waals surface area contributed by atoms with Gasteiger partial charge in [0.15, 0.2) is 0 Å². The van der Waals surface area contributed by atoms with E-state index in [9.17, 15) is 19.1 Å². The number of aromatic hydroxyl groups is 1. The lowest BCUT2D eigenvalue weighted by atomic mass is 10.2. The third kappa shape index (κ3) is 4.95. The van der Waals surface area contributed by atoms with E-state index in [2.05, 4.69) is 5.32 Å². The third-order valence-corrected chi connectivity index (χ3v) is 2.35. The fourth-order valence-corrected chi connectivity index (χ4v) is 1.46. The molecule has 0 saturated carbocycles. The Morgan fingerprint density at radius 1 is 1.42 bits per heavy atom. The fraction of sp³-hybridized carbons (Fsp3) is 0.385. The van der Waals surface area contributed by atoms with E-state index in [4.69, 9.17) is 4.74 Å². The monoisotopic (exact) mass is 269 g/mol. The summed E-state index contributed by atoms with van der Waals surface area (Å²) in [5, 5.41) is 11.9. The topological polar surface area (TPSA) is 75.6 Å². The minimum absolute atomic E-state index is 0.00228. The summed E-state index contributed by atoms with van der Waals surface area (Å²) < 4.78 is 17.5. The highest BCUT2D eigenvalue weighted by atomic mass is 19.1. The van der Waals surface area contributed by atoms with Crippen LogP contribution in [0.1, 0.15) is 30.1 Å². The first-order chi connectivity index (χ1) is 9.04. The first kappa shape index (κ1) is 14.9. The van der Waals surface area contributed by atoms with Gasteiger partial charge < -0.3 is 15.2 Å². The summed E-state index contributed by atoms with van der Waals surface area (Å²) in [6.45, 7) is 2.32. The van der Waals surface area contributed by atoms with Crippen molar-refractivity contribution in [2.75, 3.05) is 13.2 Å². The zero-order chi connectivity index (χ0) is 14.3. The number of halogens is 1. The molecule has 2 N–H and O–H groups in total. The molecule has 19 heavy (non-hydrogen) atoms. The van der Waals surface area contributed by atoms with Crippen LogP contribution >= 0.6 is 0 Å². The molecule has 0 aliphatic rings. The lowest BCUT2D eigenvalue weighted by Gasteiger charge is -2.06. The number of esters is 1. The number of ether oxygens (including phenoxy) is 1. The molecule has 0 aliphatic carbocycles. The van der Waals surface area contributed by atoms with Crippen LogP contribution in [-0.4, -0.2) is 30.1 Å². The van der Waals surface area contributed by atoms with Crippen LogP contribution in [0.4, 0.5) is 4.39 Å². The molecule has 0 radical (unpaired) electrons. The molecule has 1 rings (SSSR count). The molecule has 1 amide bonds. The molecule has 1 aromatic carbocycles. The fourth-order valence-electron chi connectivity index (χ4n) is 1.46. The van der Waals surface area contributed by atoms with E-state index in [1.54, 1.807) is 6.92 Å². The molecule has 0 unspecified atom stereocenters. The molecule has 1 aromatic rings. The molecule has 0 saturated heterocycles. The molecule has 0 bridgehead atoms. The first-order valence-corrected chi connectivity index (χ1v) is 5.97. The number of amides is 1. The summed E-state index contributed by atoms with van der Waals surface area (Å²) in [7, 11) is 0. The summed E-state index contributed by atoms with van der Waals surface area (Å²) in [6.07, 6.45) is 0.649. The minimum Gasteiger partial charge on any atom is -0.507 e. The van der Waals surface area contributed by atoms with Crippen molar-refractivity contribution in [1.29, 1.82) is 0 Å². The van der Waals surface area contributed by atoms with Crippen molar-refractivity contribution in [2.24, 2.45) is 0 Å². The first-order valence-electron chi connectivity index (χ1n) is 5.97. The maximum atomic E-state index is 12.7. The van der Waals surface area contributed by atoms with Gasteiger partial charge in [-0.2, -0.15) is 0 Å². The number of hydrogen-bond acceptors (Lipinski definition) is 4. The Morgan fingerprint density at radius 2 is 2.16 bits per heavy atom. The van der Waals surface area contributed by atoms with Gasteiger partial charge >= 0.3 is 5.97 Å². The number of nitrogens with one attached hydrogen (secondary N) is 1. The van der Waals surface area contributed by atoms with E-state index >= 15 is 0 Å². The summed E-state index contributed by atoms with van der Waals surface area (Å²) in [6, 6.07) is 3.16. The number of benzene rings is 1. The summed E-state index contributed by atoms with van der Waals surface area (Å²) in [5.41, 5.74) is -0.00228. The largest absolute Gasteiger partial charge is 0.507 e. The Hall–Kier alpha value is -2.11. The van der Waals surface area contributed by atoms with E-state index in [0.29, 0.717) is 13.0 Å². The SMILES string of the molecule is CCOC(=O)CCCNC(=O)c1ccc(F)cc1O. The summed E-state index contributed by atoms with van der Waals surface area (Å²) in [4.78, 5) is 22.7. The molecule has 5 nitrogen and oxygen atoms in total. The number of carbonyl (C=O) groups is 2. The predicted octanol–water partition coefficient (Wildman–Crippen LogP) is 1.60. The third-order valence-electron chi connectivity index (χ3n) is 2.35. The molecular weight excluding hydrogens is 253 g/mol. The van der Waals surface area contributed by atoms with Gasteiger partial charge in [0.25, 0.3) is 5.91 Å². The van der Waals surface area contributed by atoms with Crippen LogP contribution in [0.25, 0.3) is 0 Å². The highest BCUT2D eigenvalue weighted by Gasteiger charge is 2.11. The molecule has 104 valence electrons. The van der Waals surface area contributed by atoms with Crippen molar-refractivity contribution in [3.63, 3.8) is 0 Å². The maximum absolute atomic E-state index is 12.7. The maximum Gasteiger partial charge on any atom is 0.305 e. The molecule has 0 atom stereocenters. The Balaban J connectivity index is 2.37. The van der Waals surface area contributed by atoms with Crippen molar-refractivity contribution in [2.45, 2.75) is 19.8 Å². The number of hydrogen-bond donors (Lipinski definition) is 2. The van der Waals surface area contributed by atoms with Gasteiger partial charge in [-0.15, -0.1) is 0 Å². The van der Waals surface area contributed by atoms with E-state index in [1.165, 1.54) is 6.07 Å². The second-order valence-corrected chi connectivity index (χ2v) is 3.83. The Labute approximate surface area is 110 Å². The lowest BCUT2D eigenvalue weighted by molar-refractivity contribution is -0.143. The van der Waals surface area contributed by atoms with Crippen LogP contribution in [0.5, 0.6) is 5.75 Å². The van der Waals surface area contributed by atoms with Crippen LogP contribution in [0.15, 0.2) is 18.2 Å². The Morgan fingerprint density at radius 3 is 2.79 bits per heavy atom. The van der Waals surface area contributed by atoms with E-state index in [-0.39, 0.29) is 24.5 Å². The second-order valence-electron chi connectivity index (χ2n) is 3.83. The smallest absolute Gasteiger partial charge is 0.305 e. The van der Waals surface area contributed by atoms with Crippen molar-refractivity contribution in [3.8, 4) is 5.75 Å². The van der Waals surface area contributed by atoms with E-state index in [0.717, 1.165) is 12.1 Å². The Bertz CT molecular complexity index is 462. The zero-order valence-corrected chi connectivity index (χ0v) is 10.6. The van der Waals surface area contributed by atoms with Crippen LogP contribution in [0.3, 0.4) is 0 Å². The molecule has 0 aliphatic heterocycles. The highest BCUT2D eigenvalue weighted by Crippen LogP contribution is 2.17. The quantitative estimate of drug-likeness (QED) is 0.607. The van der Waals surface area contributed by atoms with Gasteiger partial charge in [-0.3, -0.25) is 9.59 Å². The summed E-state index contributed by atoms with van der Waals surface area (Å²) in [5.74, 6) is -1.86. The van der Waals surface area contributed by atoms with Crippen molar-refractivity contribution >= 4 is 11.9 Å². The molecular formula is C13H16FNO4. The van der Waals surface area contributed by atoms with Crippen LogP contribution in [0, 0.1) is 5.82 Å². The normalized spacial score (nSPS) is 10.0. The number of carbonyl (C=O) groups excluding carboxylic acids is 2. The average molecular weight is 269 g/mol. The van der Waals surface area contributed by atoms with Gasteiger partial charge in [0, 0.05) is 19.0 Å². The standard InChI is InChI=1S/C13H16FNO4/c1-2-19-12(17)4-3-7-15-13(18)10-6-5-9(14)8-11(10)16/h5-6,8,16H,2-4,7H2,1H3,(H,15,18). The Kier molecular flexibility index (Phi) is 5.78. The van der Waals surface area contributed by atoms with Crippen LogP contribution < -0.4 is 5.32 Å². The van der Waals surface area contributed by atoms with Crippen LogP contribution in [0.2, 0.25) is 0 Å². The molecule has 0 aromatic heterocycles. The van der Waals surface area contributed by atoms with Gasteiger partial charge in [-0.1, -0.05) is 0 Å². The van der Waals surface area contributed by atoms with Gasteiger partial charge in [-0.25, -0.2) is 4.39 Å². The molecule has 0 heterocycles. The molecule has 6 heteroatoms. The van der Waals surface area contributed by atoms with Crippen molar-refractivity contribution in [3.05, 3.63) is 29.6 Å². The van der Waals surface area contributed by atoms with Crippen molar-refractivity contribution in [1.82, 2.24) is 5.32 Å². The predicted molar refractivity (Wildman–Crippen MR) is 66.3 cm³/mol. The number of phenolic OH excluding ortho intramolecular Hbond substituents is 1. The van der Waals surface area contributed by atoms with E-state index in [1.807, 2.05) is 0 Å². The molecule has 0 fully saturated rings. The van der Waals surface area contributed by atoms with Gasteiger partial charge in [-0.05, 0) is 25.5 Å². The average Bonchev–Trinajstić information content (AvgIpc) is 2.34. The minimum atomic E-state index is -0.614. The second kappa shape index (κ2) is 7.35. The lowest BCUT2D eigenvalue weighted by Crippen LogP contribution is -2.25. The molecule has 0 spiro atoms. The van der Waals surface area contributed by atoms with Gasteiger partial charge in [0.05, 0.1) is 12.2 Å². The summed E-state index contributed by atoms with van der Waals surface area (Å²) >= 11 is 0. The van der Waals surface area contributed by atoms with E-state index < -0.39 is 17.5 Å². The number of rotatable bonds is 6. The van der Waals surface area contributed by atoms with Crippen LogP contribution in [-0.2, 0) is 9.53 Å². The van der Waals surface area contributed by atoms with Crippen molar-refractivity contribution < 1.29 is 23.8 Å². The zero-order valence-electron chi connectivity index (χ0n) is 10.6. The van der Waals surface area contributed by atoms with Gasteiger partial charge in [0.2, 0.25) is 0 Å².